The lowest BCUT2D eigenvalue weighted by Crippen LogP contribution is -2.15. The van der Waals surface area contributed by atoms with Crippen LogP contribution in [0.15, 0.2) is 41.3 Å². The molecule has 2 aromatic carbocycles. The van der Waals surface area contributed by atoms with E-state index in [9.17, 15) is 12.8 Å². The molecular formula is C14H15FN2O3S. The third kappa shape index (κ3) is 3.25. The molecule has 0 saturated carbocycles. The van der Waals surface area contributed by atoms with Gasteiger partial charge < -0.3 is 10.5 Å². The Labute approximate surface area is 122 Å². The first kappa shape index (κ1) is 15.1. The minimum Gasteiger partial charge on any atom is -0.495 e. The van der Waals surface area contributed by atoms with Crippen molar-refractivity contribution in [3.05, 3.63) is 47.8 Å². The van der Waals surface area contributed by atoms with Crippen molar-refractivity contribution >= 4 is 21.4 Å². The third-order valence-corrected chi connectivity index (χ3v) is 4.30. The van der Waals surface area contributed by atoms with E-state index < -0.39 is 15.8 Å². The molecule has 5 nitrogen and oxygen atoms in total. The van der Waals surface area contributed by atoms with Crippen LogP contribution in [0, 0.1) is 12.7 Å². The fourth-order valence-electron chi connectivity index (χ4n) is 1.87. The zero-order chi connectivity index (χ0) is 15.6. The highest BCUT2D eigenvalue weighted by Gasteiger charge is 2.19. The van der Waals surface area contributed by atoms with Crippen LogP contribution in [0.25, 0.3) is 0 Å². The summed E-state index contributed by atoms with van der Waals surface area (Å²) in [5.74, 6) is -0.218. The van der Waals surface area contributed by atoms with Crippen LogP contribution in [0.1, 0.15) is 5.56 Å². The third-order valence-electron chi connectivity index (χ3n) is 2.86. The number of nitrogens with one attached hydrogen (secondary N) is 1. The molecular weight excluding hydrogens is 295 g/mol. The van der Waals surface area contributed by atoms with Crippen LogP contribution < -0.4 is 15.2 Å². The van der Waals surface area contributed by atoms with Crippen LogP contribution in [-0.2, 0) is 10.0 Å². The summed E-state index contributed by atoms with van der Waals surface area (Å²) in [7, 11) is -2.49. The van der Waals surface area contributed by atoms with Gasteiger partial charge >= 0.3 is 0 Å². The van der Waals surface area contributed by atoms with E-state index in [2.05, 4.69) is 4.72 Å². The van der Waals surface area contributed by atoms with Gasteiger partial charge in [-0.15, -0.1) is 0 Å². The molecule has 0 unspecified atom stereocenters. The van der Waals surface area contributed by atoms with E-state index in [0.29, 0.717) is 11.4 Å². The van der Waals surface area contributed by atoms with Crippen molar-refractivity contribution in [3.63, 3.8) is 0 Å². The van der Waals surface area contributed by atoms with Crippen LogP contribution in [-0.4, -0.2) is 15.5 Å². The van der Waals surface area contributed by atoms with Crippen LogP contribution in [0.2, 0.25) is 0 Å². The number of nitrogen functional groups attached to an aromatic ring is 1. The maximum atomic E-state index is 13.0. The second kappa shape index (κ2) is 5.61. The smallest absolute Gasteiger partial charge is 0.264 e. The number of hydrogen-bond donors (Lipinski definition) is 2. The first-order valence-electron chi connectivity index (χ1n) is 6.06. The molecule has 0 bridgehead atoms. The Hall–Kier alpha value is -2.28. The van der Waals surface area contributed by atoms with E-state index in [1.54, 1.807) is 18.2 Å². The number of methoxy groups -OCH3 is 1. The molecule has 21 heavy (non-hydrogen) atoms. The minimum atomic E-state index is -3.93. The van der Waals surface area contributed by atoms with Gasteiger partial charge in [0, 0.05) is 0 Å². The summed E-state index contributed by atoms with van der Waals surface area (Å²) >= 11 is 0. The summed E-state index contributed by atoms with van der Waals surface area (Å²) in [6.45, 7) is 1.82. The molecule has 0 heterocycles. The number of aryl methyl sites for hydroxylation is 1. The number of benzene rings is 2. The lowest BCUT2D eigenvalue weighted by atomic mass is 10.2. The highest BCUT2D eigenvalue weighted by molar-refractivity contribution is 7.92. The predicted molar refractivity (Wildman–Crippen MR) is 79.4 cm³/mol. The van der Waals surface area contributed by atoms with Gasteiger partial charge in [0.15, 0.2) is 0 Å². The number of ether oxygens (including phenoxy) is 1. The Morgan fingerprint density at radius 3 is 2.52 bits per heavy atom. The fourth-order valence-corrected chi connectivity index (χ4v) is 3.04. The van der Waals surface area contributed by atoms with Gasteiger partial charge in [-0.25, -0.2) is 12.8 Å². The molecule has 0 amide bonds. The molecule has 7 heteroatoms. The van der Waals surface area contributed by atoms with Gasteiger partial charge in [-0.3, -0.25) is 4.72 Å². The number of anilines is 2. The Kier molecular flexibility index (Phi) is 4.04. The van der Waals surface area contributed by atoms with Crippen molar-refractivity contribution in [1.82, 2.24) is 0 Å². The van der Waals surface area contributed by atoms with Crippen LogP contribution in [0.5, 0.6) is 5.75 Å². The largest absolute Gasteiger partial charge is 0.495 e. The molecule has 0 atom stereocenters. The zero-order valence-electron chi connectivity index (χ0n) is 11.6. The van der Waals surface area contributed by atoms with Crippen LogP contribution >= 0.6 is 0 Å². The van der Waals surface area contributed by atoms with Gasteiger partial charge in [0.1, 0.15) is 16.5 Å². The van der Waals surface area contributed by atoms with Gasteiger partial charge in [0.25, 0.3) is 10.0 Å². The van der Waals surface area contributed by atoms with E-state index in [4.69, 9.17) is 10.5 Å². The van der Waals surface area contributed by atoms with E-state index in [1.165, 1.54) is 7.11 Å². The number of hydrogen-bond acceptors (Lipinski definition) is 4. The molecule has 3 N–H and O–H groups in total. The number of sulfonamides is 1. The lowest BCUT2D eigenvalue weighted by Gasteiger charge is -2.13. The van der Waals surface area contributed by atoms with Crippen LogP contribution in [0.4, 0.5) is 15.8 Å². The predicted octanol–water partition coefficient (Wildman–Crippen LogP) is 2.53. The van der Waals surface area contributed by atoms with Crippen molar-refractivity contribution in [1.29, 1.82) is 0 Å². The first-order valence-corrected chi connectivity index (χ1v) is 7.54. The number of nitrogens with two attached hydrogens (primary N) is 1. The molecule has 0 radical (unpaired) electrons. The Morgan fingerprint density at radius 1 is 1.19 bits per heavy atom. The normalized spacial score (nSPS) is 11.2. The van der Waals surface area contributed by atoms with Gasteiger partial charge in [0.2, 0.25) is 0 Å². The summed E-state index contributed by atoms with van der Waals surface area (Å²) < 4.78 is 45.2. The maximum Gasteiger partial charge on any atom is 0.264 e. The van der Waals surface area contributed by atoms with Gasteiger partial charge in [-0.05, 0) is 42.8 Å². The standard InChI is InChI=1S/C14H15FN2O3S/c1-9-3-5-13(20-2)12(7-9)17-21(18,19)14-6-4-10(15)8-11(14)16/h3-8,17H,16H2,1-2H3. The van der Waals surface area contributed by atoms with Gasteiger partial charge in [-0.2, -0.15) is 0 Å². The molecule has 0 aliphatic rings. The van der Waals surface area contributed by atoms with Crippen molar-refractivity contribution < 1.29 is 17.5 Å². The summed E-state index contributed by atoms with van der Waals surface area (Å²) in [5.41, 5.74) is 6.57. The van der Waals surface area contributed by atoms with E-state index >= 15 is 0 Å². The van der Waals surface area contributed by atoms with E-state index in [1.807, 2.05) is 6.92 Å². The summed E-state index contributed by atoms with van der Waals surface area (Å²) in [6.07, 6.45) is 0. The average molecular weight is 310 g/mol. The highest BCUT2D eigenvalue weighted by Crippen LogP contribution is 2.29. The maximum absolute atomic E-state index is 13.0. The van der Waals surface area contributed by atoms with Gasteiger partial charge in [-0.1, -0.05) is 6.07 Å². The molecule has 0 fully saturated rings. The SMILES string of the molecule is COc1ccc(C)cc1NS(=O)(=O)c1ccc(F)cc1N. The fraction of sp³-hybridized carbons (Fsp3) is 0.143. The van der Waals surface area contributed by atoms with E-state index in [0.717, 1.165) is 23.8 Å². The molecule has 0 aliphatic carbocycles. The second-order valence-electron chi connectivity index (χ2n) is 4.49. The van der Waals surface area contributed by atoms with Crippen molar-refractivity contribution in [2.75, 3.05) is 17.6 Å². The topological polar surface area (TPSA) is 81.4 Å². The van der Waals surface area contributed by atoms with Crippen molar-refractivity contribution in [2.45, 2.75) is 11.8 Å². The second-order valence-corrected chi connectivity index (χ2v) is 6.14. The molecule has 0 aromatic heterocycles. The van der Waals surface area contributed by atoms with Crippen LogP contribution in [0.3, 0.4) is 0 Å². The Balaban J connectivity index is 2.44. The average Bonchev–Trinajstić information content (AvgIpc) is 2.37. The number of halogens is 1. The summed E-state index contributed by atoms with van der Waals surface area (Å²) in [4.78, 5) is -0.188. The molecule has 0 spiro atoms. The molecule has 112 valence electrons. The minimum absolute atomic E-state index is 0.158. The summed E-state index contributed by atoms with van der Waals surface area (Å²) in [5, 5.41) is 0. The molecule has 2 aromatic rings. The van der Waals surface area contributed by atoms with Gasteiger partial charge in [0.05, 0.1) is 18.5 Å². The van der Waals surface area contributed by atoms with E-state index in [-0.39, 0.29) is 10.6 Å². The lowest BCUT2D eigenvalue weighted by molar-refractivity contribution is 0.417. The molecule has 2 rings (SSSR count). The first-order chi connectivity index (χ1) is 9.83. The van der Waals surface area contributed by atoms with Crippen molar-refractivity contribution in [3.8, 4) is 5.75 Å². The Bertz CT molecular complexity index is 776. The quantitative estimate of drug-likeness (QED) is 0.850. The zero-order valence-corrected chi connectivity index (χ0v) is 12.4. The summed E-state index contributed by atoms with van der Waals surface area (Å²) in [6, 6.07) is 8.20. The molecule has 0 saturated heterocycles. The van der Waals surface area contributed by atoms with Crippen molar-refractivity contribution in [2.24, 2.45) is 0 Å². The molecule has 0 aliphatic heterocycles. The Morgan fingerprint density at radius 2 is 1.90 bits per heavy atom. The highest BCUT2D eigenvalue weighted by atomic mass is 32.2. The monoisotopic (exact) mass is 310 g/mol. The number of rotatable bonds is 4.